The van der Waals surface area contributed by atoms with Crippen LogP contribution in [0.4, 0.5) is 5.95 Å². The smallest absolute Gasteiger partial charge is 0.270 e. The Bertz CT molecular complexity index is 640. The molecule has 1 atom stereocenters. The Morgan fingerprint density at radius 1 is 1.09 bits per heavy atom. The second-order valence-electron chi connectivity index (χ2n) is 5.62. The van der Waals surface area contributed by atoms with Gasteiger partial charge in [-0.1, -0.05) is 30.3 Å². The van der Waals surface area contributed by atoms with Gasteiger partial charge in [0.25, 0.3) is 5.91 Å². The van der Waals surface area contributed by atoms with E-state index in [2.05, 4.69) is 20.6 Å². The first-order valence-corrected chi connectivity index (χ1v) is 7.43. The fourth-order valence-electron chi connectivity index (χ4n) is 2.10. The van der Waals surface area contributed by atoms with Crippen molar-refractivity contribution in [2.24, 2.45) is 0 Å². The normalized spacial score (nSPS) is 12.0. The molecule has 2 rings (SSSR count). The maximum absolute atomic E-state index is 12.1. The SMILES string of the molecule is Cc1cc(C(=O)NC(C)C)nc(NC(C)c2ccccc2)n1. The summed E-state index contributed by atoms with van der Waals surface area (Å²) < 4.78 is 0. The van der Waals surface area contributed by atoms with E-state index in [0.717, 1.165) is 11.3 Å². The van der Waals surface area contributed by atoms with Crippen LogP contribution in [-0.2, 0) is 0 Å². The van der Waals surface area contributed by atoms with E-state index >= 15 is 0 Å². The first-order valence-electron chi connectivity index (χ1n) is 7.43. The fourth-order valence-corrected chi connectivity index (χ4v) is 2.10. The molecule has 1 amide bonds. The monoisotopic (exact) mass is 298 g/mol. The number of nitrogens with zero attached hydrogens (tertiary/aromatic N) is 2. The van der Waals surface area contributed by atoms with Crippen molar-refractivity contribution in [2.75, 3.05) is 5.32 Å². The molecule has 2 aromatic rings. The van der Waals surface area contributed by atoms with Crippen LogP contribution in [0, 0.1) is 6.92 Å². The molecule has 5 heteroatoms. The van der Waals surface area contributed by atoms with Gasteiger partial charge in [0.2, 0.25) is 5.95 Å². The van der Waals surface area contributed by atoms with Crippen molar-refractivity contribution in [3.8, 4) is 0 Å². The summed E-state index contributed by atoms with van der Waals surface area (Å²) in [7, 11) is 0. The molecule has 0 fully saturated rings. The van der Waals surface area contributed by atoms with Gasteiger partial charge < -0.3 is 10.6 Å². The molecule has 22 heavy (non-hydrogen) atoms. The number of amides is 1. The van der Waals surface area contributed by atoms with Gasteiger partial charge in [-0.05, 0) is 39.3 Å². The lowest BCUT2D eigenvalue weighted by molar-refractivity contribution is 0.0938. The van der Waals surface area contributed by atoms with Crippen molar-refractivity contribution in [3.05, 3.63) is 53.3 Å². The molecule has 0 aliphatic carbocycles. The molecule has 116 valence electrons. The first kappa shape index (κ1) is 15.9. The molecule has 0 saturated carbocycles. The van der Waals surface area contributed by atoms with Crippen LogP contribution in [0.15, 0.2) is 36.4 Å². The number of carbonyl (C=O) groups is 1. The Balaban J connectivity index is 2.18. The van der Waals surface area contributed by atoms with Gasteiger partial charge in [-0.2, -0.15) is 0 Å². The Kier molecular flexibility index (Phi) is 5.09. The quantitative estimate of drug-likeness (QED) is 0.890. The number of hydrogen-bond donors (Lipinski definition) is 2. The lowest BCUT2D eigenvalue weighted by Crippen LogP contribution is -2.31. The van der Waals surface area contributed by atoms with Gasteiger partial charge in [0, 0.05) is 11.7 Å². The molecular formula is C17H22N4O. The van der Waals surface area contributed by atoms with Gasteiger partial charge in [-0.15, -0.1) is 0 Å². The average Bonchev–Trinajstić information content (AvgIpc) is 2.46. The molecule has 1 heterocycles. The van der Waals surface area contributed by atoms with Crippen molar-refractivity contribution in [1.82, 2.24) is 15.3 Å². The third kappa shape index (κ3) is 4.28. The topological polar surface area (TPSA) is 66.9 Å². The second-order valence-corrected chi connectivity index (χ2v) is 5.62. The second kappa shape index (κ2) is 7.02. The summed E-state index contributed by atoms with van der Waals surface area (Å²) in [6.07, 6.45) is 0. The highest BCUT2D eigenvalue weighted by Gasteiger charge is 2.13. The van der Waals surface area contributed by atoms with Crippen molar-refractivity contribution in [1.29, 1.82) is 0 Å². The molecule has 1 unspecified atom stereocenters. The predicted molar refractivity (Wildman–Crippen MR) is 87.9 cm³/mol. The highest BCUT2D eigenvalue weighted by molar-refractivity contribution is 5.92. The number of aromatic nitrogens is 2. The lowest BCUT2D eigenvalue weighted by atomic mass is 10.1. The van der Waals surface area contributed by atoms with Gasteiger partial charge in [-0.25, -0.2) is 9.97 Å². The van der Waals surface area contributed by atoms with Crippen LogP contribution < -0.4 is 10.6 Å². The summed E-state index contributed by atoms with van der Waals surface area (Å²) in [5.74, 6) is 0.279. The zero-order valence-corrected chi connectivity index (χ0v) is 13.4. The van der Waals surface area contributed by atoms with Gasteiger partial charge in [0.05, 0.1) is 6.04 Å². The van der Waals surface area contributed by atoms with E-state index in [-0.39, 0.29) is 18.0 Å². The largest absolute Gasteiger partial charge is 0.349 e. The van der Waals surface area contributed by atoms with Gasteiger partial charge in [0.15, 0.2) is 0 Å². The van der Waals surface area contributed by atoms with Crippen molar-refractivity contribution >= 4 is 11.9 Å². The molecular weight excluding hydrogens is 276 g/mol. The fraction of sp³-hybridized carbons (Fsp3) is 0.353. The molecule has 0 aliphatic rings. The highest BCUT2D eigenvalue weighted by atomic mass is 16.1. The van der Waals surface area contributed by atoms with Crippen molar-refractivity contribution in [3.63, 3.8) is 0 Å². The predicted octanol–water partition coefficient (Wildman–Crippen LogP) is 3.10. The molecule has 0 aliphatic heterocycles. The molecule has 1 aromatic carbocycles. The van der Waals surface area contributed by atoms with Crippen LogP contribution >= 0.6 is 0 Å². The number of aryl methyl sites for hydroxylation is 1. The Morgan fingerprint density at radius 2 is 1.77 bits per heavy atom. The Labute approximate surface area is 131 Å². The summed E-state index contributed by atoms with van der Waals surface area (Å²) in [4.78, 5) is 20.8. The number of nitrogens with one attached hydrogen (secondary N) is 2. The number of rotatable bonds is 5. The standard InChI is InChI=1S/C17H22N4O/c1-11(2)18-16(22)15-10-12(3)19-17(21-15)20-13(4)14-8-6-5-7-9-14/h5-11,13H,1-4H3,(H,18,22)(H,19,20,21). The number of benzene rings is 1. The van der Waals surface area contributed by atoms with Gasteiger partial charge in [-0.3, -0.25) is 4.79 Å². The van der Waals surface area contributed by atoms with E-state index in [4.69, 9.17) is 0 Å². The molecule has 0 bridgehead atoms. The van der Waals surface area contributed by atoms with Crippen molar-refractivity contribution in [2.45, 2.75) is 39.8 Å². The van der Waals surface area contributed by atoms with E-state index in [1.807, 2.05) is 58.0 Å². The van der Waals surface area contributed by atoms with E-state index in [0.29, 0.717) is 11.6 Å². The third-order valence-corrected chi connectivity index (χ3v) is 3.15. The third-order valence-electron chi connectivity index (χ3n) is 3.15. The zero-order valence-electron chi connectivity index (χ0n) is 13.4. The average molecular weight is 298 g/mol. The van der Waals surface area contributed by atoms with Gasteiger partial charge in [0.1, 0.15) is 5.69 Å². The Morgan fingerprint density at radius 3 is 2.41 bits per heavy atom. The maximum atomic E-state index is 12.1. The van der Waals surface area contributed by atoms with E-state index in [9.17, 15) is 4.79 Å². The lowest BCUT2D eigenvalue weighted by Gasteiger charge is -2.15. The van der Waals surface area contributed by atoms with Crippen LogP contribution in [0.1, 0.15) is 48.6 Å². The maximum Gasteiger partial charge on any atom is 0.270 e. The highest BCUT2D eigenvalue weighted by Crippen LogP contribution is 2.17. The minimum Gasteiger partial charge on any atom is -0.349 e. The number of carbonyl (C=O) groups excluding carboxylic acids is 1. The van der Waals surface area contributed by atoms with Crippen LogP contribution in [0.2, 0.25) is 0 Å². The van der Waals surface area contributed by atoms with Crippen LogP contribution in [-0.4, -0.2) is 21.9 Å². The van der Waals surface area contributed by atoms with E-state index in [1.165, 1.54) is 0 Å². The molecule has 2 N–H and O–H groups in total. The Hall–Kier alpha value is -2.43. The molecule has 0 spiro atoms. The van der Waals surface area contributed by atoms with Gasteiger partial charge >= 0.3 is 0 Å². The summed E-state index contributed by atoms with van der Waals surface area (Å²) >= 11 is 0. The minimum atomic E-state index is -0.184. The first-order chi connectivity index (χ1) is 10.5. The summed E-state index contributed by atoms with van der Waals surface area (Å²) in [6, 6.07) is 11.9. The zero-order chi connectivity index (χ0) is 16.1. The van der Waals surface area contributed by atoms with Crippen LogP contribution in [0.3, 0.4) is 0 Å². The van der Waals surface area contributed by atoms with E-state index < -0.39 is 0 Å². The van der Waals surface area contributed by atoms with Crippen molar-refractivity contribution < 1.29 is 4.79 Å². The molecule has 0 radical (unpaired) electrons. The molecule has 1 aromatic heterocycles. The van der Waals surface area contributed by atoms with Crippen LogP contribution in [0.25, 0.3) is 0 Å². The molecule has 0 saturated heterocycles. The van der Waals surface area contributed by atoms with Crippen LogP contribution in [0.5, 0.6) is 0 Å². The summed E-state index contributed by atoms with van der Waals surface area (Å²) in [6.45, 7) is 7.73. The van der Waals surface area contributed by atoms with E-state index in [1.54, 1.807) is 6.07 Å². The minimum absolute atomic E-state index is 0.0593. The number of hydrogen-bond acceptors (Lipinski definition) is 4. The summed E-state index contributed by atoms with van der Waals surface area (Å²) in [5, 5.41) is 6.09. The molecule has 5 nitrogen and oxygen atoms in total. The number of anilines is 1. The summed E-state index contributed by atoms with van der Waals surface area (Å²) in [5.41, 5.74) is 2.27.